The molecule has 0 radical (unpaired) electrons. The van der Waals surface area contributed by atoms with Gasteiger partial charge in [0.1, 0.15) is 0 Å². The average molecular weight is 1030 g/mol. The van der Waals surface area contributed by atoms with Crippen LogP contribution in [0.1, 0.15) is 354 Å². The van der Waals surface area contributed by atoms with Crippen molar-refractivity contribution in [2.24, 2.45) is 0 Å². The number of hydrogen-bond donors (Lipinski definition) is 3. The highest BCUT2D eigenvalue weighted by atomic mass is 16.5. The highest BCUT2D eigenvalue weighted by molar-refractivity contribution is 5.76. The van der Waals surface area contributed by atoms with Crippen LogP contribution in [0.3, 0.4) is 0 Å². The van der Waals surface area contributed by atoms with Gasteiger partial charge in [0.05, 0.1) is 25.4 Å². The quantitative estimate of drug-likeness (QED) is 0.0320. The maximum atomic E-state index is 12.5. The van der Waals surface area contributed by atoms with Crippen molar-refractivity contribution >= 4 is 11.9 Å². The number of carbonyl (C=O) groups is 2. The van der Waals surface area contributed by atoms with Gasteiger partial charge in [-0.25, -0.2) is 0 Å². The third-order valence-corrected chi connectivity index (χ3v) is 15.2. The summed E-state index contributed by atoms with van der Waals surface area (Å²) in [4.78, 5) is 24.6. The van der Waals surface area contributed by atoms with Crippen LogP contribution in [0.15, 0.2) is 36.5 Å². The smallest absolute Gasteiger partial charge is 0.305 e. The van der Waals surface area contributed by atoms with Gasteiger partial charge in [-0.2, -0.15) is 0 Å². The van der Waals surface area contributed by atoms with Gasteiger partial charge in [-0.15, -0.1) is 0 Å². The molecule has 0 aliphatic heterocycles. The Morgan fingerprint density at radius 2 is 0.685 bits per heavy atom. The Morgan fingerprint density at radius 3 is 1.08 bits per heavy atom. The van der Waals surface area contributed by atoms with E-state index in [0.717, 1.165) is 51.4 Å². The fraction of sp³-hybridized carbons (Fsp3) is 0.881. The van der Waals surface area contributed by atoms with E-state index in [1.165, 1.54) is 270 Å². The zero-order valence-corrected chi connectivity index (χ0v) is 49.1. The molecule has 6 nitrogen and oxygen atoms in total. The fourth-order valence-electron chi connectivity index (χ4n) is 10.1. The van der Waals surface area contributed by atoms with Crippen LogP contribution in [-0.2, 0) is 14.3 Å². The first kappa shape index (κ1) is 71.1. The molecule has 430 valence electrons. The molecule has 0 fully saturated rings. The third kappa shape index (κ3) is 59.2. The van der Waals surface area contributed by atoms with Crippen LogP contribution in [0.4, 0.5) is 0 Å². The molecule has 0 bridgehead atoms. The Labute approximate surface area is 455 Å². The van der Waals surface area contributed by atoms with Crippen LogP contribution < -0.4 is 5.32 Å². The Morgan fingerprint density at radius 1 is 0.384 bits per heavy atom. The highest BCUT2D eigenvalue weighted by Crippen LogP contribution is 2.18. The molecule has 0 aromatic rings. The van der Waals surface area contributed by atoms with Crippen LogP contribution in [-0.4, -0.2) is 47.4 Å². The van der Waals surface area contributed by atoms with Crippen LogP contribution in [0.5, 0.6) is 0 Å². The van der Waals surface area contributed by atoms with Crippen molar-refractivity contribution in [1.29, 1.82) is 0 Å². The summed E-state index contributed by atoms with van der Waals surface area (Å²) >= 11 is 0. The predicted molar refractivity (Wildman–Crippen MR) is 319 cm³/mol. The molecule has 6 heteroatoms. The van der Waals surface area contributed by atoms with Gasteiger partial charge in [-0.1, -0.05) is 294 Å². The summed E-state index contributed by atoms with van der Waals surface area (Å²) in [5.74, 6) is -0.0292. The first-order chi connectivity index (χ1) is 36.0. The number of unbranched alkanes of at least 4 members (excludes halogenated alkanes) is 44. The average Bonchev–Trinajstić information content (AvgIpc) is 3.39. The van der Waals surface area contributed by atoms with E-state index in [0.29, 0.717) is 25.9 Å². The molecular formula is C67H127NO5. The number of aliphatic hydroxyl groups is 2. The van der Waals surface area contributed by atoms with Crippen molar-refractivity contribution in [3.63, 3.8) is 0 Å². The summed E-state index contributed by atoms with van der Waals surface area (Å²) in [6.07, 6.45) is 78.8. The molecule has 0 heterocycles. The van der Waals surface area contributed by atoms with E-state index in [9.17, 15) is 19.8 Å². The van der Waals surface area contributed by atoms with Crippen LogP contribution >= 0.6 is 0 Å². The first-order valence-electron chi connectivity index (χ1n) is 32.7. The van der Waals surface area contributed by atoms with Crippen LogP contribution in [0, 0.1) is 0 Å². The minimum Gasteiger partial charge on any atom is -0.466 e. The second-order valence-electron chi connectivity index (χ2n) is 22.4. The highest BCUT2D eigenvalue weighted by Gasteiger charge is 2.20. The van der Waals surface area contributed by atoms with E-state index in [1.54, 1.807) is 0 Å². The van der Waals surface area contributed by atoms with E-state index >= 15 is 0 Å². The van der Waals surface area contributed by atoms with Gasteiger partial charge in [0, 0.05) is 12.8 Å². The van der Waals surface area contributed by atoms with Crippen molar-refractivity contribution < 1.29 is 24.5 Å². The molecule has 0 saturated heterocycles. The molecule has 0 aliphatic carbocycles. The number of amides is 1. The summed E-state index contributed by atoms with van der Waals surface area (Å²) in [6, 6.07) is -0.542. The first-order valence-corrected chi connectivity index (χ1v) is 32.7. The number of allylic oxidation sites excluding steroid dienone is 6. The van der Waals surface area contributed by atoms with Crippen LogP contribution in [0.2, 0.25) is 0 Å². The second-order valence-corrected chi connectivity index (χ2v) is 22.4. The molecule has 0 aliphatic rings. The van der Waals surface area contributed by atoms with E-state index in [-0.39, 0.29) is 18.5 Å². The number of esters is 1. The lowest BCUT2D eigenvalue weighted by Crippen LogP contribution is -2.45. The van der Waals surface area contributed by atoms with Gasteiger partial charge >= 0.3 is 5.97 Å². The molecule has 3 N–H and O–H groups in total. The topological polar surface area (TPSA) is 95.9 Å². The molecule has 0 saturated carbocycles. The summed E-state index contributed by atoms with van der Waals surface area (Å²) in [5.41, 5.74) is 0. The van der Waals surface area contributed by atoms with Crippen molar-refractivity contribution in [2.75, 3.05) is 13.2 Å². The third-order valence-electron chi connectivity index (χ3n) is 15.2. The van der Waals surface area contributed by atoms with Gasteiger partial charge in [-0.05, 0) is 83.5 Å². The monoisotopic (exact) mass is 1030 g/mol. The normalized spacial score (nSPS) is 12.8. The minimum atomic E-state index is -0.665. The number of rotatable bonds is 61. The summed E-state index contributed by atoms with van der Waals surface area (Å²) in [6.45, 7) is 4.94. The zero-order chi connectivity index (χ0) is 52.9. The number of aliphatic hydroxyl groups excluding tert-OH is 2. The summed E-state index contributed by atoms with van der Waals surface area (Å²) < 4.78 is 5.49. The minimum absolute atomic E-state index is 0.00671. The van der Waals surface area contributed by atoms with Gasteiger partial charge in [-0.3, -0.25) is 9.59 Å². The molecular weight excluding hydrogens is 899 g/mol. The Balaban J connectivity index is 3.38. The summed E-state index contributed by atoms with van der Waals surface area (Å²) in [7, 11) is 0. The molecule has 1 amide bonds. The van der Waals surface area contributed by atoms with Crippen molar-refractivity contribution in [3.8, 4) is 0 Å². The van der Waals surface area contributed by atoms with E-state index in [1.807, 2.05) is 0 Å². The Hall–Kier alpha value is -1.92. The molecule has 0 aromatic heterocycles. The van der Waals surface area contributed by atoms with E-state index in [4.69, 9.17) is 4.74 Å². The SMILES string of the molecule is CCCCC/C=C\C/C=C\CCCCCCCCCC(=O)OCCCCCCCCCCCCCC/C=C\CCCCCCCCCCCCC(=O)NC(CO)C(O)CCCCCCCCCCCCCCC. The molecule has 2 atom stereocenters. The largest absolute Gasteiger partial charge is 0.466 e. The number of nitrogens with one attached hydrogen (secondary N) is 1. The van der Waals surface area contributed by atoms with Crippen molar-refractivity contribution in [1.82, 2.24) is 5.32 Å². The standard InChI is InChI=1S/C67H127NO5/c1-3-5-7-9-11-13-15-17-18-29-33-37-41-45-49-53-57-61-67(72)73-62-58-54-50-46-42-38-34-31-28-26-24-22-20-19-21-23-25-27-30-32-36-40-44-48-52-56-60-66(71)68-64(63-69)65(70)59-55-51-47-43-39-35-16-14-12-10-8-6-4-2/h11,13,17-19,21,64-65,69-70H,3-10,12,14-16,20,22-63H2,1-2H3,(H,68,71)/b13-11-,18-17-,21-19-. The molecule has 0 aromatic carbocycles. The lowest BCUT2D eigenvalue weighted by Gasteiger charge is -2.22. The van der Waals surface area contributed by atoms with Crippen molar-refractivity contribution in [3.05, 3.63) is 36.5 Å². The Bertz CT molecular complexity index is 1180. The van der Waals surface area contributed by atoms with Gasteiger partial charge < -0.3 is 20.3 Å². The van der Waals surface area contributed by atoms with Crippen molar-refractivity contribution in [2.45, 2.75) is 366 Å². The predicted octanol–water partition coefficient (Wildman–Crippen LogP) is 20.8. The fourth-order valence-corrected chi connectivity index (χ4v) is 10.1. The number of hydrogen-bond acceptors (Lipinski definition) is 5. The lowest BCUT2D eigenvalue weighted by molar-refractivity contribution is -0.143. The molecule has 0 rings (SSSR count). The summed E-state index contributed by atoms with van der Waals surface area (Å²) in [5, 5.41) is 23.3. The zero-order valence-electron chi connectivity index (χ0n) is 49.1. The Kier molecular flexibility index (Phi) is 61.0. The molecule has 0 spiro atoms. The number of ether oxygens (including phenoxy) is 1. The van der Waals surface area contributed by atoms with E-state index in [2.05, 4.69) is 55.6 Å². The van der Waals surface area contributed by atoms with Crippen LogP contribution in [0.25, 0.3) is 0 Å². The maximum Gasteiger partial charge on any atom is 0.305 e. The molecule has 73 heavy (non-hydrogen) atoms. The van der Waals surface area contributed by atoms with Gasteiger partial charge in [0.2, 0.25) is 5.91 Å². The number of carbonyl (C=O) groups excluding carboxylic acids is 2. The van der Waals surface area contributed by atoms with Gasteiger partial charge in [0.15, 0.2) is 0 Å². The lowest BCUT2D eigenvalue weighted by atomic mass is 10.0. The van der Waals surface area contributed by atoms with E-state index < -0.39 is 12.1 Å². The maximum absolute atomic E-state index is 12.5. The van der Waals surface area contributed by atoms with Gasteiger partial charge in [0.25, 0.3) is 0 Å². The molecule has 2 unspecified atom stereocenters. The second kappa shape index (κ2) is 62.6.